The van der Waals surface area contributed by atoms with Gasteiger partial charge >= 0.3 is 5.97 Å². The molecule has 0 aliphatic carbocycles. The molecule has 0 spiro atoms. The Labute approximate surface area is 258 Å². The van der Waals surface area contributed by atoms with Crippen molar-refractivity contribution in [3.63, 3.8) is 0 Å². The molecule has 1 unspecified atom stereocenters. The van der Waals surface area contributed by atoms with Crippen molar-refractivity contribution in [1.82, 2.24) is 14.8 Å². The van der Waals surface area contributed by atoms with E-state index in [9.17, 15) is 14.7 Å². The Morgan fingerprint density at radius 3 is 2.68 bits per heavy atom. The lowest BCUT2D eigenvalue weighted by Crippen LogP contribution is -2.36. The van der Waals surface area contributed by atoms with Gasteiger partial charge in [0.1, 0.15) is 11.4 Å². The molecule has 2 aliphatic rings. The summed E-state index contributed by atoms with van der Waals surface area (Å²) in [7, 11) is 1.41. The van der Waals surface area contributed by atoms with Crippen molar-refractivity contribution in [2.75, 3.05) is 43.6 Å². The third-order valence-electron chi connectivity index (χ3n) is 8.14. The molecule has 3 aromatic rings. The van der Waals surface area contributed by atoms with Crippen LogP contribution in [-0.2, 0) is 14.3 Å². The van der Waals surface area contributed by atoms with E-state index in [2.05, 4.69) is 20.1 Å². The first-order valence-corrected chi connectivity index (χ1v) is 15.7. The quantitative estimate of drug-likeness (QED) is 0.195. The minimum atomic E-state index is -0.317. The Morgan fingerprint density at radius 2 is 1.89 bits per heavy atom. The summed E-state index contributed by atoms with van der Waals surface area (Å²) in [5.74, 6) is 0.231. The van der Waals surface area contributed by atoms with E-state index in [0.29, 0.717) is 62.6 Å². The number of hydrogen-bond donors (Lipinski definition) is 2. The first-order chi connectivity index (χ1) is 21.5. The third-order valence-corrected chi connectivity index (χ3v) is 8.14. The summed E-state index contributed by atoms with van der Waals surface area (Å²) in [4.78, 5) is 31.7. The largest absolute Gasteiger partial charge is 0.494 e. The van der Waals surface area contributed by atoms with Gasteiger partial charge in [0.15, 0.2) is 6.23 Å². The number of amides is 1. The van der Waals surface area contributed by atoms with Crippen molar-refractivity contribution in [2.24, 2.45) is 0 Å². The number of anilines is 2. The van der Waals surface area contributed by atoms with Gasteiger partial charge in [-0.15, -0.1) is 0 Å². The predicted molar refractivity (Wildman–Crippen MR) is 167 cm³/mol. The van der Waals surface area contributed by atoms with Gasteiger partial charge in [-0.2, -0.15) is 5.10 Å². The number of rotatable bonds is 13. The van der Waals surface area contributed by atoms with Crippen LogP contribution >= 0.6 is 0 Å². The molecule has 2 aliphatic heterocycles. The number of aliphatic hydroxyl groups excluding tert-OH is 1. The molecule has 1 amide bonds. The van der Waals surface area contributed by atoms with Crippen molar-refractivity contribution in [2.45, 2.75) is 76.5 Å². The molecular formula is C33H43N5O6. The summed E-state index contributed by atoms with van der Waals surface area (Å²) in [5.41, 5.74) is 3.28. The number of carbonyl (C=O) groups is 2. The fourth-order valence-corrected chi connectivity index (χ4v) is 5.65. The molecule has 5 rings (SSSR count). The van der Waals surface area contributed by atoms with Gasteiger partial charge in [0.05, 0.1) is 42.6 Å². The number of benzene rings is 1. The van der Waals surface area contributed by atoms with E-state index in [-0.39, 0.29) is 24.2 Å². The Morgan fingerprint density at radius 1 is 1.05 bits per heavy atom. The van der Waals surface area contributed by atoms with Crippen LogP contribution in [0.15, 0.2) is 48.7 Å². The number of aromatic nitrogens is 3. The van der Waals surface area contributed by atoms with E-state index in [1.54, 1.807) is 12.3 Å². The van der Waals surface area contributed by atoms with E-state index in [4.69, 9.17) is 14.5 Å². The third kappa shape index (κ3) is 8.35. The molecule has 11 nitrogen and oxygen atoms in total. The van der Waals surface area contributed by atoms with Crippen molar-refractivity contribution >= 4 is 23.3 Å². The number of esters is 1. The lowest BCUT2D eigenvalue weighted by Gasteiger charge is -2.33. The van der Waals surface area contributed by atoms with Gasteiger partial charge in [-0.3, -0.25) is 9.59 Å². The number of nitrogens with zero attached hydrogens (tertiary/aromatic N) is 4. The molecule has 2 fully saturated rings. The van der Waals surface area contributed by atoms with E-state index in [1.165, 1.54) is 7.11 Å². The summed E-state index contributed by atoms with van der Waals surface area (Å²) in [6.07, 6.45) is 9.65. The smallest absolute Gasteiger partial charge is 0.305 e. The highest BCUT2D eigenvalue weighted by Gasteiger charge is 2.23. The van der Waals surface area contributed by atoms with E-state index >= 15 is 0 Å². The van der Waals surface area contributed by atoms with E-state index in [1.807, 2.05) is 41.1 Å². The standard InChI is InChI=1S/C33H43N5O6/c1-42-32(40)12-4-2-3-6-21-43-25-13-14-27(30(23-25)37-19-16-24(39)17-20-37)36-33(41)28-10-8-9-26(35-28)29-15-18-34-38(29)31-11-5-7-22-44-31/h8-10,13-15,18,23-24,31,39H,2-7,11-12,16-17,19-22H2,1H3,(H,36,41). The van der Waals surface area contributed by atoms with E-state index in [0.717, 1.165) is 62.1 Å². The van der Waals surface area contributed by atoms with Gasteiger partial charge in [-0.1, -0.05) is 18.9 Å². The summed E-state index contributed by atoms with van der Waals surface area (Å²) < 4.78 is 18.5. The zero-order valence-electron chi connectivity index (χ0n) is 25.5. The van der Waals surface area contributed by atoms with Crippen LogP contribution in [-0.4, -0.2) is 71.3 Å². The first-order valence-electron chi connectivity index (χ1n) is 15.7. The van der Waals surface area contributed by atoms with Crippen LogP contribution in [0.2, 0.25) is 0 Å². The number of pyridine rings is 1. The topological polar surface area (TPSA) is 128 Å². The van der Waals surface area contributed by atoms with Crippen LogP contribution in [0.25, 0.3) is 11.4 Å². The average Bonchev–Trinajstić information content (AvgIpc) is 3.56. The Hall–Kier alpha value is -3.96. The zero-order valence-corrected chi connectivity index (χ0v) is 25.5. The number of hydrogen-bond acceptors (Lipinski definition) is 9. The van der Waals surface area contributed by atoms with Crippen LogP contribution in [0.4, 0.5) is 11.4 Å². The molecule has 11 heteroatoms. The second-order valence-corrected chi connectivity index (χ2v) is 11.3. The number of ether oxygens (including phenoxy) is 3. The molecule has 1 atom stereocenters. The number of unbranched alkanes of at least 4 members (excludes halogenated alkanes) is 3. The molecule has 0 radical (unpaired) electrons. The molecule has 0 saturated carbocycles. The van der Waals surface area contributed by atoms with Crippen LogP contribution in [0.3, 0.4) is 0 Å². The number of methoxy groups -OCH3 is 1. The minimum absolute atomic E-state index is 0.133. The first kappa shape index (κ1) is 31.5. The van der Waals surface area contributed by atoms with Crippen molar-refractivity contribution in [3.8, 4) is 17.1 Å². The fraction of sp³-hybridized carbons (Fsp3) is 0.515. The average molecular weight is 606 g/mol. The molecule has 236 valence electrons. The van der Waals surface area contributed by atoms with Gasteiger partial charge in [0.25, 0.3) is 5.91 Å². The van der Waals surface area contributed by atoms with Crippen LogP contribution in [0.5, 0.6) is 5.75 Å². The fourth-order valence-electron chi connectivity index (χ4n) is 5.65. The summed E-state index contributed by atoms with van der Waals surface area (Å²) in [6, 6.07) is 13.0. The SMILES string of the molecule is COC(=O)CCCCCCOc1ccc(NC(=O)c2cccc(-c3ccnn3C3CCCCO3)n2)c(N2CCC(O)CC2)c1. The number of piperidine rings is 1. The van der Waals surface area contributed by atoms with Gasteiger partial charge in [-0.25, -0.2) is 9.67 Å². The summed E-state index contributed by atoms with van der Waals surface area (Å²) >= 11 is 0. The normalized spacial score (nSPS) is 17.3. The highest BCUT2D eigenvalue weighted by atomic mass is 16.5. The second kappa shape index (κ2) is 15.7. The van der Waals surface area contributed by atoms with Gasteiger partial charge in [0.2, 0.25) is 0 Å². The van der Waals surface area contributed by atoms with Gasteiger partial charge in [-0.05, 0) is 75.3 Å². The predicted octanol–water partition coefficient (Wildman–Crippen LogP) is 5.36. The Kier molecular flexibility index (Phi) is 11.2. The van der Waals surface area contributed by atoms with Crippen molar-refractivity contribution in [3.05, 3.63) is 54.4 Å². The molecule has 0 bridgehead atoms. The number of nitrogens with one attached hydrogen (secondary N) is 1. The molecule has 2 saturated heterocycles. The monoisotopic (exact) mass is 605 g/mol. The molecule has 4 heterocycles. The van der Waals surface area contributed by atoms with Crippen LogP contribution in [0.1, 0.15) is 80.9 Å². The lowest BCUT2D eigenvalue weighted by molar-refractivity contribution is -0.140. The second-order valence-electron chi connectivity index (χ2n) is 11.3. The maximum absolute atomic E-state index is 13.5. The molecule has 44 heavy (non-hydrogen) atoms. The summed E-state index contributed by atoms with van der Waals surface area (Å²) in [5, 5.41) is 17.6. The van der Waals surface area contributed by atoms with Crippen LogP contribution < -0.4 is 15.0 Å². The maximum Gasteiger partial charge on any atom is 0.305 e. The molecule has 2 N–H and O–H groups in total. The Balaban J connectivity index is 1.26. The zero-order chi connectivity index (χ0) is 30.7. The van der Waals surface area contributed by atoms with Crippen molar-refractivity contribution in [1.29, 1.82) is 0 Å². The minimum Gasteiger partial charge on any atom is -0.494 e. The highest BCUT2D eigenvalue weighted by Crippen LogP contribution is 2.33. The molecule has 2 aromatic heterocycles. The molecule has 1 aromatic carbocycles. The lowest BCUT2D eigenvalue weighted by atomic mass is 10.1. The van der Waals surface area contributed by atoms with Crippen molar-refractivity contribution < 1.29 is 28.9 Å². The van der Waals surface area contributed by atoms with Gasteiger partial charge in [0, 0.05) is 38.4 Å². The highest BCUT2D eigenvalue weighted by molar-refractivity contribution is 6.05. The maximum atomic E-state index is 13.5. The molecular weight excluding hydrogens is 562 g/mol. The van der Waals surface area contributed by atoms with Gasteiger partial charge < -0.3 is 29.5 Å². The number of aliphatic hydroxyl groups is 1. The van der Waals surface area contributed by atoms with Crippen LogP contribution in [0, 0.1) is 0 Å². The number of carbonyl (C=O) groups excluding carboxylic acids is 2. The summed E-state index contributed by atoms with van der Waals surface area (Å²) in [6.45, 7) is 2.62. The Bertz CT molecular complexity index is 1380. The van der Waals surface area contributed by atoms with E-state index < -0.39 is 0 Å².